The van der Waals surface area contributed by atoms with Crippen molar-refractivity contribution in [1.29, 1.82) is 0 Å². The van der Waals surface area contributed by atoms with Crippen LogP contribution in [0.5, 0.6) is 0 Å². The third kappa shape index (κ3) is 6.73. The standard InChI is InChI=1S/C81H47N5/c1-3-22-56-52(18-1)54-20-6-9-27-61(54)69-46-50(36-40-63(56)69)79-82-80(51-37-41-64-57-23-4-2-19-53(57)55-21-7-10-28-62(55)70(64)47-51)84-81(83-79)86-74-34-16-14-30-66(74)72-45-49(39-43-76(72)86)48-38-42-75-71(44-48)65-29-13-15-33-73(65)85(75)77-35-17-32-68-60-25-8-5-24-58(60)59-26-11-12-31-67(59)78(68)77/h1-47H. The summed E-state index contributed by atoms with van der Waals surface area (Å²) in [6, 6.07) is 104. The van der Waals surface area contributed by atoms with Gasteiger partial charge in [0.05, 0.1) is 27.8 Å². The summed E-state index contributed by atoms with van der Waals surface area (Å²) in [5, 5.41) is 26.7. The lowest BCUT2D eigenvalue weighted by Gasteiger charge is -2.16. The van der Waals surface area contributed by atoms with Gasteiger partial charge in [0.25, 0.3) is 0 Å². The van der Waals surface area contributed by atoms with Gasteiger partial charge in [0.1, 0.15) is 0 Å². The second-order valence-electron chi connectivity index (χ2n) is 22.9. The van der Waals surface area contributed by atoms with Gasteiger partial charge < -0.3 is 4.57 Å². The minimum Gasteiger partial charge on any atom is -0.309 e. The molecule has 0 fully saturated rings. The van der Waals surface area contributed by atoms with E-state index in [0.717, 1.165) is 54.8 Å². The molecular weight excluding hydrogens is 1040 g/mol. The Morgan fingerprint density at radius 3 is 0.907 bits per heavy atom. The van der Waals surface area contributed by atoms with E-state index in [1.807, 2.05) is 0 Å². The average Bonchev–Trinajstić information content (AvgIpc) is 1.54. The smallest absolute Gasteiger partial charge is 0.238 e. The Kier molecular flexibility index (Phi) is 9.83. The Morgan fingerprint density at radius 1 is 0.186 bits per heavy atom. The molecule has 0 N–H and O–H groups in total. The molecule has 5 heteroatoms. The number of aromatic nitrogens is 5. The highest BCUT2D eigenvalue weighted by Gasteiger charge is 2.23. The number of nitrogens with zero attached hydrogens (tertiary/aromatic N) is 5. The van der Waals surface area contributed by atoms with E-state index in [1.165, 1.54) is 114 Å². The van der Waals surface area contributed by atoms with Crippen molar-refractivity contribution in [1.82, 2.24) is 24.1 Å². The van der Waals surface area contributed by atoms with Gasteiger partial charge >= 0.3 is 0 Å². The van der Waals surface area contributed by atoms with E-state index < -0.39 is 0 Å². The van der Waals surface area contributed by atoms with Gasteiger partial charge in [-0.2, -0.15) is 9.97 Å². The molecule has 5 nitrogen and oxygen atoms in total. The lowest BCUT2D eigenvalue weighted by molar-refractivity contribution is 0.954. The number of hydrogen-bond acceptors (Lipinski definition) is 3. The third-order valence-electron chi connectivity index (χ3n) is 18.5. The van der Waals surface area contributed by atoms with Gasteiger partial charge in [-0.25, -0.2) is 4.98 Å². The second kappa shape index (κ2) is 18.0. The number of rotatable bonds is 5. The molecule has 0 saturated heterocycles. The molecular formula is C81H47N5. The summed E-state index contributed by atoms with van der Waals surface area (Å²) in [6.45, 7) is 0. The first-order chi connectivity index (χ1) is 42.7. The lowest BCUT2D eigenvalue weighted by atomic mass is 9.93. The van der Waals surface area contributed by atoms with E-state index in [4.69, 9.17) is 15.0 Å². The summed E-state index contributed by atoms with van der Waals surface area (Å²) < 4.78 is 4.72. The van der Waals surface area contributed by atoms with Crippen LogP contribution in [-0.4, -0.2) is 24.1 Å². The topological polar surface area (TPSA) is 48.5 Å². The first kappa shape index (κ1) is 47.0. The second-order valence-corrected chi connectivity index (χ2v) is 22.9. The molecule has 0 unspecified atom stereocenters. The van der Waals surface area contributed by atoms with Crippen molar-refractivity contribution >= 4 is 141 Å². The maximum Gasteiger partial charge on any atom is 0.238 e. The Morgan fingerprint density at radius 2 is 0.477 bits per heavy atom. The Labute approximate surface area is 492 Å². The van der Waals surface area contributed by atoms with Gasteiger partial charge in [-0.1, -0.05) is 231 Å². The van der Waals surface area contributed by atoms with E-state index >= 15 is 0 Å². The van der Waals surface area contributed by atoms with Crippen LogP contribution in [-0.2, 0) is 0 Å². The zero-order chi connectivity index (χ0) is 56.1. The van der Waals surface area contributed by atoms with Gasteiger partial charge in [-0.15, -0.1) is 0 Å². The van der Waals surface area contributed by atoms with E-state index in [2.05, 4.69) is 294 Å². The molecule has 3 aromatic heterocycles. The average molecular weight is 1090 g/mol. The third-order valence-corrected chi connectivity index (χ3v) is 18.5. The van der Waals surface area contributed by atoms with Crippen LogP contribution < -0.4 is 0 Å². The fourth-order valence-corrected chi connectivity index (χ4v) is 14.7. The quantitative estimate of drug-likeness (QED) is 0.161. The monoisotopic (exact) mass is 1090 g/mol. The first-order valence-corrected chi connectivity index (χ1v) is 29.5. The van der Waals surface area contributed by atoms with Crippen molar-refractivity contribution in [3.8, 4) is 45.5 Å². The van der Waals surface area contributed by atoms with E-state index in [-0.39, 0.29) is 0 Å². The van der Waals surface area contributed by atoms with E-state index in [1.54, 1.807) is 0 Å². The molecule has 16 aromatic carbocycles. The van der Waals surface area contributed by atoms with Gasteiger partial charge in [-0.05, 0) is 157 Å². The molecule has 396 valence electrons. The molecule has 19 aromatic rings. The zero-order valence-corrected chi connectivity index (χ0v) is 46.4. The van der Waals surface area contributed by atoms with Crippen LogP contribution in [0, 0.1) is 0 Å². The van der Waals surface area contributed by atoms with Crippen LogP contribution in [0.15, 0.2) is 285 Å². The predicted molar refractivity (Wildman–Crippen MR) is 362 cm³/mol. The molecule has 0 atom stereocenters. The van der Waals surface area contributed by atoms with Crippen LogP contribution in [0.3, 0.4) is 0 Å². The molecule has 19 rings (SSSR count). The minimum absolute atomic E-state index is 0.555. The van der Waals surface area contributed by atoms with Crippen LogP contribution >= 0.6 is 0 Å². The Bertz CT molecular complexity index is 5870. The minimum atomic E-state index is 0.555. The van der Waals surface area contributed by atoms with Gasteiger partial charge in [0.15, 0.2) is 11.6 Å². The maximum absolute atomic E-state index is 5.53. The summed E-state index contributed by atoms with van der Waals surface area (Å²) in [5.74, 6) is 1.76. The fourth-order valence-electron chi connectivity index (χ4n) is 14.7. The maximum atomic E-state index is 5.53. The highest BCUT2D eigenvalue weighted by Crippen LogP contribution is 2.45. The highest BCUT2D eigenvalue weighted by atomic mass is 15.2. The SMILES string of the molecule is c1ccc2c(c1)c1ccccc1c1cc(-c3nc(-c4ccc5c6ccccc6c6ccccc6c5c4)nc(-n4c5ccccc5c5cc(-c6ccc7c(c6)c6ccccc6n7-c6cccc7c8ccccc8c8ccccc8c67)ccc54)n3)ccc21. The Balaban J connectivity index is 0.811. The summed E-state index contributed by atoms with van der Waals surface area (Å²) in [5.41, 5.74) is 9.66. The molecule has 0 spiro atoms. The summed E-state index contributed by atoms with van der Waals surface area (Å²) >= 11 is 0. The number of para-hydroxylation sites is 2. The molecule has 0 aliphatic carbocycles. The fraction of sp³-hybridized carbons (Fsp3) is 0. The molecule has 0 aliphatic heterocycles. The predicted octanol–water partition coefficient (Wildman–Crippen LogP) is 21.4. The number of fused-ring (bicyclic) bond motifs is 24. The van der Waals surface area contributed by atoms with Crippen molar-refractivity contribution in [2.24, 2.45) is 0 Å². The van der Waals surface area contributed by atoms with Crippen molar-refractivity contribution < 1.29 is 0 Å². The molecule has 3 heterocycles. The molecule has 0 amide bonds. The van der Waals surface area contributed by atoms with Crippen LogP contribution in [0.4, 0.5) is 0 Å². The Hall–Kier alpha value is -11.5. The van der Waals surface area contributed by atoms with Gasteiger partial charge in [0.2, 0.25) is 5.95 Å². The zero-order valence-electron chi connectivity index (χ0n) is 46.4. The largest absolute Gasteiger partial charge is 0.309 e. The van der Waals surface area contributed by atoms with Crippen LogP contribution in [0.2, 0.25) is 0 Å². The molecule has 0 saturated carbocycles. The molecule has 0 aliphatic rings. The van der Waals surface area contributed by atoms with Crippen molar-refractivity contribution in [2.75, 3.05) is 0 Å². The van der Waals surface area contributed by atoms with E-state index in [0.29, 0.717) is 17.6 Å². The summed E-state index contributed by atoms with van der Waals surface area (Å²) in [7, 11) is 0. The molecule has 86 heavy (non-hydrogen) atoms. The summed E-state index contributed by atoms with van der Waals surface area (Å²) in [6.07, 6.45) is 0. The summed E-state index contributed by atoms with van der Waals surface area (Å²) in [4.78, 5) is 16.5. The van der Waals surface area contributed by atoms with Crippen molar-refractivity contribution in [3.05, 3.63) is 285 Å². The van der Waals surface area contributed by atoms with Gasteiger partial charge in [-0.3, -0.25) is 4.57 Å². The van der Waals surface area contributed by atoms with E-state index in [9.17, 15) is 0 Å². The highest BCUT2D eigenvalue weighted by molar-refractivity contribution is 6.29. The van der Waals surface area contributed by atoms with Crippen LogP contribution in [0.1, 0.15) is 0 Å². The molecule has 0 bridgehead atoms. The number of benzene rings is 16. The van der Waals surface area contributed by atoms with Crippen LogP contribution in [0.25, 0.3) is 186 Å². The lowest BCUT2D eigenvalue weighted by Crippen LogP contribution is -2.06. The van der Waals surface area contributed by atoms with Crippen molar-refractivity contribution in [3.63, 3.8) is 0 Å². The molecule has 0 radical (unpaired) electrons. The van der Waals surface area contributed by atoms with Gasteiger partial charge in [0, 0.05) is 38.1 Å². The normalized spacial score (nSPS) is 12.2. The van der Waals surface area contributed by atoms with Crippen molar-refractivity contribution in [2.45, 2.75) is 0 Å². The number of hydrogen-bond donors (Lipinski definition) is 0. The first-order valence-electron chi connectivity index (χ1n) is 29.5.